The van der Waals surface area contributed by atoms with Crippen LogP contribution in [0.15, 0.2) is 0 Å². The average Bonchev–Trinajstić information content (AvgIpc) is 2.02. The summed E-state index contributed by atoms with van der Waals surface area (Å²) in [6.45, 7) is 13.8. The predicted molar refractivity (Wildman–Crippen MR) is 63.0 cm³/mol. The molecule has 4 heteroatoms. The molecule has 0 rings (SSSR count). The maximum absolute atomic E-state index is 5.91. The zero-order valence-corrected chi connectivity index (χ0v) is 11.2. The standard InChI is InChI=1S/C10H25NO2Si/c1-10(2,3)14(4,5)13-9-8-12-7-6-11/h6-9,11H2,1-5H3. The van der Waals surface area contributed by atoms with Crippen LogP contribution in [0.25, 0.3) is 0 Å². The maximum atomic E-state index is 5.91. The zero-order valence-electron chi connectivity index (χ0n) is 10.2. The molecule has 0 heterocycles. The molecule has 14 heavy (non-hydrogen) atoms. The van der Waals surface area contributed by atoms with Crippen LogP contribution < -0.4 is 5.73 Å². The first-order valence-corrected chi connectivity index (χ1v) is 8.14. The van der Waals surface area contributed by atoms with Crippen molar-refractivity contribution in [2.75, 3.05) is 26.4 Å². The Morgan fingerprint density at radius 3 is 2.07 bits per heavy atom. The van der Waals surface area contributed by atoms with Crippen LogP contribution in [-0.2, 0) is 9.16 Å². The molecule has 0 aliphatic heterocycles. The van der Waals surface area contributed by atoms with Gasteiger partial charge in [-0.15, -0.1) is 0 Å². The maximum Gasteiger partial charge on any atom is 0.192 e. The summed E-state index contributed by atoms with van der Waals surface area (Å²) in [5.74, 6) is 0. The van der Waals surface area contributed by atoms with Gasteiger partial charge in [0.05, 0.1) is 19.8 Å². The molecule has 0 saturated heterocycles. The number of hydrogen-bond donors (Lipinski definition) is 1. The lowest BCUT2D eigenvalue weighted by Gasteiger charge is -2.36. The van der Waals surface area contributed by atoms with Gasteiger partial charge in [0.2, 0.25) is 0 Å². The molecule has 2 N–H and O–H groups in total. The lowest BCUT2D eigenvalue weighted by atomic mass is 10.2. The Morgan fingerprint density at radius 2 is 1.64 bits per heavy atom. The van der Waals surface area contributed by atoms with E-state index in [1.54, 1.807) is 0 Å². The van der Waals surface area contributed by atoms with Crippen molar-refractivity contribution in [2.24, 2.45) is 5.73 Å². The van der Waals surface area contributed by atoms with Crippen LogP contribution in [0.2, 0.25) is 18.1 Å². The second-order valence-corrected chi connectivity index (χ2v) is 9.82. The van der Waals surface area contributed by atoms with Gasteiger partial charge in [0.1, 0.15) is 0 Å². The molecule has 0 aliphatic carbocycles. The highest BCUT2D eigenvalue weighted by atomic mass is 28.4. The molecule has 0 saturated carbocycles. The van der Waals surface area contributed by atoms with Gasteiger partial charge in [-0.2, -0.15) is 0 Å². The van der Waals surface area contributed by atoms with Gasteiger partial charge >= 0.3 is 0 Å². The molecular weight excluding hydrogens is 194 g/mol. The lowest BCUT2D eigenvalue weighted by molar-refractivity contribution is 0.101. The van der Waals surface area contributed by atoms with Crippen LogP contribution in [-0.4, -0.2) is 34.7 Å². The highest BCUT2D eigenvalue weighted by molar-refractivity contribution is 6.74. The van der Waals surface area contributed by atoms with Crippen LogP contribution >= 0.6 is 0 Å². The summed E-state index contributed by atoms with van der Waals surface area (Å²) in [6.07, 6.45) is 0. The smallest absolute Gasteiger partial charge is 0.192 e. The molecule has 0 spiro atoms. The fourth-order valence-corrected chi connectivity index (χ4v) is 1.78. The van der Waals surface area contributed by atoms with Crippen LogP contribution in [0.1, 0.15) is 20.8 Å². The fraction of sp³-hybridized carbons (Fsp3) is 1.00. The van der Waals surface area contributed by atoms with Gasteiger partial charge in [-0.1, -0.05) is 20.8 Å². The summed E-state index contributed by atoms with van der Waals surface area (Å²) < 4.78 is 11.2. The molecule has 0 bridgehead atoms. The van der Waals surface area contributed by atoms with E-state index in [1.165, 1.54) is 0 Å². The third-order valence-corrected chi connectivity index (χ3v) is 7.30. The quantitative estimate of drug-likeness (QED) is 0.549. The average molecular weight is 219 g/mol. The van der Waals surface area contributed by atoms with Crippen molar-refractivity contribution in [1.29, 1.82) is 0 Å². The van der Waals surface area contributed by atoms with Crippen molar-refractivity contribution in [1.82, 2.24) is 0 Å². The number of ether oxygens (including phenoxy) is 1. The Labute approximate surface area is 89.1 Å². The van der Waals surface area contributed by atoms with Gasteiger partial charge in [0.25, 0.3) is 0 Å². The number of rotatable bonds is 6. The first-order valence-electron chi connectivity index (χ1n) is 5.23. The number of hydrogen-bond acceptors (Lipinski definition) is 3. The zero-order chi connectivity index (χ0) is 11.2. The minimum absolute atomic E-state index is 0.279. The summed E-state index contributed by atoms with van der Waals surface area (Å²) in [5.41, 5.74) is 5.31. The van der Waals surface area contributed by atoms with Crippen molar-refractivity contribution in [3.8, 4) is 0 Å². The van der Waals surface area contributed by atoms with Crippen molar-refractivity contribution in [3.63, 3.8) is 0 Å². The molecular formula is C10H25NO2Si. The first-order chi connectivity index (χ1) is 6.31. The van der Waals surface area contributed by atoms with E-state index in [0.29, 0.717) is 26.4 Å². The Hall–Kier alpha value is 0.0969. The third-order valence-electron chi connectivity index (χ3n) is 2.76. The van der Waals surface area contributed by atoms with E-state index in [9.17, 15) is 0 Å². The molecule has 0 unspecified atom stereocenters. The van der Waals surface area contributed by atoms with E-state index < -0.39 is 8.32 Å². The minimum atomic E-state index is -1.58. The summed E-state index contributed by atoms with van der Waals surface area (Å²) in [5, 5.41) is 0.279. The highest BCUT2D eigenvalue weighted by Gasteiger charge is 2.36. The van der Waals surface area contributed by atoms with Gasteiger partial charge in [0.15, 0.2) is 8.32 Å². The van der Waals surface area contributed by atoms with Crippen molar-refractivity contribution in [2.45, 2.75) is 38.9 Å². The molecule has 0 aromatic heterocycles. The second kappa shape index (κ2) is 5.85. The predicted octanol–water partition coefficient (Wildman–Crippen LogP) is 1.98. The van der Waals surface area contributed by atoms with Crippen molar-refractivity contribution >= 4 is 8.32 Å². The summed E-state index contributed by atoms with van der Waals surface area (Å²) in [7, 11) is -1.58. The van der Waals surface area contributed by atoms with Gasteiger partial charge in [0, 0.05) is 6.54 Å². The number of nitrogens with two attached hydrogens (primary N) is 1. The minimum Gasteiger partial charge on any atom is -0.414 e. The van der Waals surface area contributed by atoms with Gasteiger partial charge in [-0.3, -0.25) is 0 Å². The van der Waals surface area contributed by atoms with E-state index in [4.69, 9.17) is 14.9 Å². The second-order valence-electron chi connectivity index (χ2n) is 5.01. The molecule has 0 radical (unpaired) electrons. The highest BCUT2D eigenvalue weighted by Crippen LogP contribution is 2.36. The molecule has 0 atom stereocenters. The summed E-state index contributed by atoms with van der Waals surface area (Å²) in [6, 6.07) is 0. The molecule has 3 nitrogen and oxygen atoms in total. The summed E-state index contributed by atoms with van der Waals surface area (Å²) in [4.78, 5) is 0. The van der Waals surface area contributed by atoms with Crippen LogP contribution in [0.5, 0.6) is 0 Å². The topological polar surface area (TPSA) is 44.5 Å². The van der Waals surface area contributed by atoms with Crippen molar-refractivity contribution in [3.05, 3.63) is 0 Å². The van der Waals surface area contributed by atoms with Crippen LogP contribution in [0, 0.1) is 0 Å². The Balaban J connectivity index is 3.67. The fourth-order valence-electron chi connectivity index (χ4n) is 0.758. The molecule has 0 amide bonds. The molecule has 0 aliphatic rings. The lowest BCUT2D eigenvalue weighted by Crippen LogP contribution is -2.41. The molecule has 0 fully saturated rings. The van der Waals surface area contributed by atoms with Crippen LogP contribution in [0.3, 0.4) is 0 Å². The van der Waals surface area contributed by atoms with Gasteiger partial charge in [-0.05, 0) is 18.1 Å². The Bertz CT molecular complexity index is 155. The Kier molecular flexibility index (Phi) is 5.89. The van der Waals surface area contributed by atoms with E-state index in [-0.39, 0.29) is 5.04 Å². The monoisotopic (exact) mass is 219 g/mol. The van der Waals surface area contributed by atoms with Crippen molar-refractivity contribution < 1.29 is 9.16 Å². The van der Waals surface area contributed by atoms with Gasteiger partial charge in [-0.25, -0.2) is 0 Å². The summed E-state index contributed by atoms with van der Waals surface area (Å²) >= 11 is 0. The molecule has 86 valence electrons. The van der Waals surface area contributed by atoms with E-state index in [2.05, 4.69) is 33.9 Å². The van der Waals surface area contributed by atoms with E-state index >= 15 is 0 Å². The SMILES string of the molecule is CC(C)(C)[Si](C)(C)OCCOCCN. The van der Waals surface area contributed by atoms with E-state index in [0.717, 1.165) is 0 Å². The largest absolute Gasteiger partial charge is 0.414 e. The van der Waals surface area contributed by atoms with Crippen LogP contribution in [0.4, 0.5) is 0 Å². The Morgan fingerprint density at radius 1 is 1.07 bits per heavy atom. The third kappa shape index (κ3) is 5.10. The molecule has 0 aromatic carbocycles. The first kappa shape index (κ1) is 14.1. The normalized spacial score (nSPS) is 13.3. The molecule has 0 aromatic rings. The van der Waals surface area contributed by atoms with Gasteiger partial charge < -0.3 is 14.9 Å². The van der Waals surface area contributed by atoms with E-state index in [1.807, 2.05) is 0 Å².